The second-order valence-electron chi connectivity index (χ2n) is 11.3. The van der Waals surface area contributed by atoms with E-state index >= 15 is 0 Å². The number of amides is 1. The normalized spacial score (nSPS) is 21.0. The third kappa shape index (κ3) is 5.49. The van der Waals surface area contributed by atoms with Gasteiger partial charge in [0.1, 0.15) is 12.4 Å². The van der Waals surface area contributed by atoms with E-state index in [1.807, 2.05) is 0 Å². The van der Waals surface area contributed by atoms with E-state index in [-0.39, 0.29) is 18.4 Å². The molecule has 2 fully saturated rings. The van der Waals surface area contributed by atoms with E-state index in [4.69, 9.17) is 19.7 Å². The van der Waals surface area contributed by atoms with Crippen LogP contribution in [0.5, 0.6) is 6.01 Å². The number of pyridine rings is 1. The van der Waals surface area contributed by atoms with Gasteiger partial charge in [0.25, 0.3) is 0 Å². The lowest BCUT2D eigenvalue weighted by Gasteiger charge is -2.41. The summed E-state index contributed by atoms with van der Waals surface area (Å²) in [6.45, 7) is 6.77. The number of fused-ring (bicyclic) bond motifs is 2. The first-order valence-electron chi connectivity index (χ1n) is 14.7. The number of aryl methyl sites for hydroxylation is 1. The Balaban J connectivity index is 1.38. The maximum atomic E-state index is 12.5. The van der Waals surface area contributed by atoms with Crippen molar-refractivity contribution in [1.29, 1.82) is 5.26 Å². The first-order valence-corrected chi connectivity index (χ1v) is 14.7. The van der Waals surface area contributed by atoms with Gasteiger partial charge in [0, 0.05) is 31.2 Å². The first-order chi connectivity index (χ1) is 20.1. The van der Waals surface area contributed by atoms with Gasteiger partial charge in [0.15, 0.2) is 5.65 Å². The van der Waals surface area contributed by atoms with Gasteiger partial charge in [-0.25, -0.2) is 4.98 Å². The average Bonchev–Trinajstić information content (AvgIpc) is 3.43. The maximum absolute atomic E-state index is 12.5. The summed E-state index contributed by atoms with van der Waals surface area (Å²) in [6.07, 6.45) is 8.41. The Bertz CT molecular complexity index is 1500. The number of hydrogen-bond acceptors (Lipinski definition) is 8. The summed E-state index contributed by atoms with van der Waals surface area (Å²) >= 11 is 0. The predicted octanol–water partition coefficient (Wildman–Crippen LogP) is 4.16. The number of nitriles is 1. The van der Waals surface area contributed by atoms with Crippen LogP contribution >= 0.6 is 0 Å². The summed E-state index contributed by atoms with van der Waals surface area (Å²) < 4.78 is 6.23. The molecule has 2 aliphatic heterocycles. The second kappa shape index (κ2) is 11.8. The largest absolute Gasteiger partial charge is 0.462 e. The Morgan fingerprint density at radius 3 is 2.78 bits per heavy atom. The number of rotatable bonds is 7. The molecule has 0 spiro atoms. The molecule has 2 saturated heterocycles. The Labute approximate surface area is 241 Å². The van der Waals surface area contributed by atoms with E-state index < -0.39 is 0 Å². The molecule has 212 valence electrons. The molecule has 0 radical (unpaired) electrons. The molecule has 6 rings (SSSR count). The minimum absolute atomic E-state index is 0.153. The highest BCUT2D eigenvalue weighted by Gasteiger charge is 2.31. The summed E-state index contributed by atoms with van der Waals surface area (Å²) in [6, 6.07) is 13.3. The topological polar surface area (TPSA) is 98.5 Å². The standard InChI is InChI=1S/C32H37N7O2/c1-3-29(40)39-19-18-38(20-23(39)15-16-33)31-27-13-14-28(26-12-6-9-22-8-4-5-11-25(22)26)34-30(27)35-32(36-31)41-21-24-10-7-17-37(24)2/h3,6,9,12-14,23-24H,1,4-5,7-8,10-11,15,17-21H2,2H3/t23-,24-/m0/s1. The fourth-order valence-electron chi connectivity index (χ4n) is 6.55. The van der Waals surface area contributed by atoms with Crippen molar-refractivity contribution < 1.29 is 9.53 Å². The van der Waals surface area contributed by atoms with E-state index in [9.17, 15) is 10.1 Å². The predicted molar refractivity (Wildman–Crippen MR) is 159 cm³/mol. The van der Waals surface area contributed by atoms with Gasteiger partial charge in [-0.1, -0.05) is 24.8 Å². The summed E-state index contributed by atoms with van der Waals surface area (Å²) in [5.41, 5.74) is 5.48. The molecule has 1 amide bonds. The van der Waals surface area contributed by atoms with Crippen LogP contribution in [-0.4, -0.2) is 82.6 Å². The summed E-state index contributed by atoms with van der Waals surface area (Å²) in [5.74, 6) is 0.576. The van der Waals surface area contributed by atoms with Gasteiger partial charge < -0.3 is 19.4 Å². The van der Waals surface area contributed by atoms with Gasteiger partial charge >= 0.3 is 6.01 Å². The van der Waals surface area contributed by atoms with Crippen LogP contribution in [0.4, 0.5) is 5.82 Å². The summed E-state index contributed by atoms with van der Waals surface area (Å²) in [4.78, 5) is 33.5. The van der Waals surface area contributed by atoms with Crippen LogP contribution in [0.2, 0.25) is 0 Å². The zero-order valence-corrected chi connectivity index (χ0v) is 23.8. The van der Waals surface area contributed by atoms with E-state index in [0.717, 1.165) is 49.1 Å². The van der Waals surface area contributed by atoms with Gasteiger partial charge in [-0.2, -0.15) is 15.2 Å². The minimum Gasteiger partial charge on any atom is -0.462 e. The Hall–Kier alpha value is -4.03. The molecule has 9 heteroatoms. The number of likely N-dealkylation sites (N-methyl/N-ethyl adjacent to an activating group) is 1. The highest BCUT2D eigenvalue weighted by atomic mass is 16.5. The van der Waals surface area contributed by atoms with E-state index in [1.165, 1.54) is 35.6 Å². The minimum atomic E-state index is -0.260. The van der Waals surface area contributed by atoms with E-state index in [0.29, 0.717) is 43.9 Å². The molecule has 9 nitrogen and oxygen atoms in total. The number of piperazine rings is 1. The van der Waals surface area contributed by atoms with Crippen molar-refractivity contribution in [3.63, 3.8) is 0 Å². The highest BCUT2D eigenvalue weighted by Crippen LogP contribution is 2.34. The molecule has 41 heavy (non-hydrogen) atoms. The lowest BCUT2D eigenvalue weighted by molar-refractivity contribution is -0.128. The van der Waals surface area contributed by atoms with Crippen LogP contribution in [0.1, 0.15) is 43.2 Å². The van der Waals surface area contributed by atoms with Crippen LogP contribution in [0.3, 0.4) is 0 Å². The van der Waals surface area contributed by atoms with Gasteiger partial charge in [-0.3, -0.25) is 4.79 Å². The Kier molecular flexibility index (Phi) is 7.84. The van der Waals surface area contributed by atoms with Gasteiger partial charge in [-0.15, -0.1) is 0 Å². The first kappa shape index (κ1) is 27.2. The summed E-state index contributed by atoms with van der Waals surface area (Å²) in [5, 5.41) is 10.3. The number of carbonyl (C=O) groups is 1. The van der Waals surface area contributed by atoms with Crippen LogP contribution in [0, 0.1) is 11.3 Å². The second-order valence-corrected chi connectivity index (χ2v) is 11.3. The highest BCUT2D eigenvalue weighted by molar-refractivity contribution is 5.90. The molecule has 4 heterocycles. The number of nitrogens with zero attached hydrogens (tertiary/aromatic N) is 7. The van der Waals surface area contributed by atoms with Crippen LogP contribution in [-0.2, 0) is 17.6 Å². The molecule has 1 aliphatic carbocycles. The zero-order chi connectivity index (χ0) is 28.3. The Morgan fingerprint density at radius 2 is 1.98 bits per heavy atom. The van der Waals surface area contributed by atoms with Gasteiger partial charge in [-0.05, 0) is 81.5 Å². The van der Waals surface area contributed by atoms with Crippen LogP contribution < -0.4 is 9.64 Å². The summed E-state index contributed by atoms with van der Waals surface area (Å²) in [7, 11) is 2.13. The lowest BCUT2D eigenvalue weighted by Crippen LogP contribution is -2.55. The van der Waals surface area contributed by atoms with E-state index in [1.54, 1.807) is 4.90 Å². The molecular weight excluding hydrogens is 514 g/mol. The molecule has 0 N–H and O–H groups in total. The maximum Gasteiger partial charge on any atom is 0.320 e. The molecule has 3 aromatic rings. The monoisotopic (exact) mass is 551 g/mol. The smallest absolute Gasteiger partial charge is 0.320 e. The third-order valence-electron chi connectivity index (χ3n) is 8.83. The number of carbonyl (C=O) groups excluding carboxylic acids is 1. The number of anilines is 1. The fourth-order valence-corrected chi connectivity index (χ4v) is 6.55. The number of likely N-dealkylation sites (tertiary alicyclic amines) is 1. The van der Waals surface area contributed by atoms with E-state index in [2.05, 4.69) is 59.8 Å². The molecule has 0 unspecified atom stereocenters. The van der Waals surface area contributed by atoms with Crippen LogP contribution in [0.15, 0.2) is 43.0 Å². The molecule has 3 aliphatic rings. The van der Waals surface area contributed by atoms with Crippen molar-refractivity contribution in [3.8, 4) is 23.3 Å². The van der Waals surface area contributed by atoms with Crippen molar-refractivity contribution >= 4 is 22.8 Å². The molecule has 0 bridgehead atoms. The number of benzene rings is 1. The van der Waals surface area contributed by atoms with Crippen molar-refractivity contribution in [2.45, 2.75) is 57.0 Å². The molecule has 2 aromatic heterocycles. The van der Waals surface area contributed by atoms with Gasteiger partial charge in [0.05, 0.1) is 29.6 Å². The van der Waals surface area contributed by atoms with Gasteiger partial charge in [0.2, 0.25) is 5.91 Å². The lowest BCUT2D eigenvalue weighted by atomic mass is 9.87. The van der Waals surface area contributed by atoms with Crippen molar-refractivity contribution in [2.75, 3.05) is 44.7 Å². The molecule has 1 aromatic carbocycles. The SMILES string of the molecule is C=CC(=O)N1CCN(c2nc(OC[C@@H]3CCCN3C)nc3nc(-c4cccc5c4CCCC5)ccc23)C[C@@H]1CC#N. The quantitative estimate of drug-likeness (QED) is 0.404. The molecule has 2 atom stereocenters. The average molecular weight is 552 g/mol. The number of aromatic nitrogens is 3. The fraction of sp³-hybridized carbons (Fsp3) is 0.469. The van der Waals surface area contributed by atoms with Crippen molar-refractivity contribution in [1.82, 2.24) is 24.8 Å². The molecule has 0 saturated carbocycles. The number of ether oxygens (including phenoxy) is 1. The molecular formula is C32H37N7O2. The zero-order valence-electron chi connectivity index (χ0n) is 23.8. The Morgan fingerprint density at radius 1 is 1.10 bits per heavy atom. The van der Waals surface area contributed by atoms with Crippen molar-refractivity contribution in [3.05, 3.63) is 54.1 Å². The van der Waals surface area contributed by atoms with Crippen molar-refractivity contribution in [2.24, 2.45) is 0 Å². The number of hydrogen-bond donors (Lipinski definition) is 0. The van der Waals surface area contributed by atoms with Crippen LogP contribution in [0.25, 0.3) is 22.3 Å². The third-order valence-corrected chi connectivity index (χ3v) is 8.83.